The van der Waals surface area contributed by atoms with Crippen LogP contribution in [0.2, 0.25) is 5.02 Å². The van der Waals surface area contributed by atoms with Crippen LogP contribution < -0.4 is 14.8 Å². The van der Waals surface area contributed by atoms with Crippen LogP contribution in [0.15, 0.2) is 65.6 Å². The SMILES string of the molecule is CCOc1ccc(-c2ccc(OCCN3CCCC3)c(/C=C3\SC(=S)N(CCC(=O)Nc4ccc(C(=O)O)cc4)C3=O)c2)c(Cl)c1. The summed E-state index contributed by atoms with van der Waals surface area (Å²) in [5.74, 6) is -0.334. The molecule has 0 aromatic heterocycles. The lowest BCUT2D eigenvalue weighted by molar-refractivity contribution is -0.122. The van der Waals surface area contributed by atoms with E-state index in [0.29, 0.717) is 50.2 Å². The molecule has 5 rings (SSSR count). The van der Waals surface area contributed by atoms with E-state index in [1.54, 1.807) is 12.1 Å². The molecule has 3 aromatic rings. The Bertz CT molecular complexity index is 1660. The van der Waals surface area contributed by atoms with Gasteiger partial charge in [-0.1, -0.05) is 41.6 Å². The Morgan fingerprint density at radius 3 is 2.50 bits per heavy atom. The van der Waals surface area contributed by atoms with Crippen LogP contribution in [0.3, 0.4) is 0 Å². The topological polar surface area (TPSA) is 108 Å². The highest BCUT2D eigenvalue weighted by Gasteiger charge is 2.32. The second-order valence-electron chi connectivity index (χ2n) is 10.7. The maximum Gasteiger partial charge on any atom is 0.335 e. The predicted molar refractivity (Wildman–Crippen MR) is 186 cm³/mol. The van der Waals surface area contributed by atoms with E-state index in [0.717, 1.165) is 30.8 Å². The Balaban J connectivity index is 1.31. The quantitative estimate of drug-likeness (QED) is 0.149. The van der Waals surface area contributed by atoms with E-state index in [4.69, 9.17) is 38.4 Å². The van der Waals surface area contributed by atoms with Gasteiger partial charge in [0, 0.05) is 36.3 Å². The molecule has 3 aromatic carbocycles. The Kier molecular flexibility index (Phi) is 11.3. The first-order valence-electron chi connectivity index (χ1n) is 15.0. The van der Waals surface area contributed by atoms with Gasteiger partial charge in [0.1, 0.15) is 22.4 Å². The van der Waals surface area contributed by atoms with Crippen molar-refractivity contribution in [2.75, 3.05) is 44.7 Å². The van der Waals surface area contributed by atoms with Crippen LogP contribution >= 0.6 is 35.6 Å². The molecule has 0 radical (unpaired) electrons. The molecule has 2 amide bonds. The summed E-state index contributed by atoms with van der Waals surface area (Å²) < 4.78 is 12.2. The summed E-state index contributed by atoms with van der Waals surface area (Å²) >= 11 is 13.3. The van der Waals surface area contributed by atoms with Crippen LogP contribution in [0.4, 0.5) is 5.69 Å². The van der Waals surface area contributed by atoms with Crippen molar-refractivity contribution in [1.29, 1.82) is 0 Å². The number of amides is 2. The fourth-order valence-electron chi connectivity index (χ4n) is 5.20. The predicted octanol–water partition coefficient (Wildman–Crippen LogP) is 6.81. The Hall–Kier alpha value is -3.90. The molecule has 2 fully saturated rings. The molecule has 9 nitrogen and oxygen atoms in total. The van der Waals surface area contributed by atoms with Gasteiger partial charge >= 0.3 is 5.97 Å². The Morgan fingerprint density at radius 1 is 1.04 bits per heavy atom. The molecule has 2 saturated heterocycles. The van der Waals surface area contributed by atoms with Crippen molar-refractivity contribution in [1.82, 2.24) is 9.80 Å². The fourth-order valence-corrected chi connectivity index (χ4v) is 6.78. The number of ether oxygens (including phenoxy) is 2. The molecule has 2 heterocycles. The molecule has 12 heteroatoms. The molecule has 240 valence electrons. The summed E-state index contributed by atoms with van der Waals surface area (Å²) in [4.78, 5) is 41.4. The number of nitrogens with zero attached hydrogens (tertiary/aromatic N) is 2. The second kappa shape index (κ2) is 15.6. The third-order valence-corrected chi connectivity index (χ3v) is 9.26. The average Bonchev–Trinajstić information content (AvgIpc) is 3.64. The highest BCUT2D eigenvalue weighted by atomic mass is 35.5. The number of hydrogen-bond acceptors (Lipinski definition) is 8. The van der Waals surface area contributed by atoms with Crippen LogP contribution in [0.25, 0.3) is 17.2 Å². The van der Waals surface area contributed by atoms with E-state index in [-0.39, 0.29) is 30.3 Å². The number of benzene rings is 3. The number of nitrogens with one attached hydrogen (secondary N) is 1. The molecule has 2 N–H and O–H groups in total. The lowest BCUT2D eigenvalue weighted by Crippen LogP contribution is -2.31. The molecule has 46 heavy (non-hydrogen) atoms. The minimum Gasteiger partial charge on any atom is -0.494 e. The molecule has 0 spiro atoms. The Labute approximate surface area is 282 Å². The standard InChI is InChI=1S/C34H34ClN3O6S2/c1-2-43-26-10-11-27(28(35)21-26)23-7-12-29(44-18-17-37-14-3-4-15-37)24(19-23)20-30-32(40)38(34(45)46-30)16-13-31(39)36-25-8-5-22(6-9-25)33(41)42/h5-12,19-21H,2-4,13-18H2,1H3,(H,36,39)(H,41,42)/b30-20-. The Morgan fingerprint density at radius 2 is 1.80 bits per heavy atom. The van der Waals surface area contributed by atoms with E-state index >= 15 is 0 Å². The zero-order chi connectivity index (χ0) is 32.6. The summed E-state index contributed by atoms with van der Waals surface area (Å²) in [6, 6.07) is 17.2. The van der Waals surface area contributed by atoms with Crippen molar-refractivity contribution in [3.8, 4) is 22.6 Å². The lowest BCUT2D eigenvalue weighted by Gasteiger charge is -2.17. The maximum atomic E-state index is 13.5. The van der Waals surface area contributed by atoms with Crippen LogP contribution in [-0.4, -0.2) is 76.4 Å². The molecule has 0 atom stereocenters. The number of carboxylic acid groups (broad SMARTS) is 1. The first kappa shape index (κ1) is 33.5. The van der Waals surface area contributed by atoms with Crippen molar-refractivity contribution in [3.05, 3.63) is 81.7 Å². The third-order valence-electron chi connectivity index (χ3n) is 7.57. The van der Waals surface area contributed by atoms with Gasteiger partial charge in [0.15, 0.2) is 0 Å². The number of anilines is 1. The van der Waals surface area contributed by atoms with Crippen molar-refractivity contribution < 1.29 is 29.0 Å². The summed E-state index contributed by atoms with van der Waals surface area (Å²) in [6.07, 6.45) is 4.19. The zero-order valence-corrected chi connectivity index (χ0v) is 27.7. The third kappa shape index (κ3) is 8.47. The normalized spacial score (nSPS) is 15.9. The number of likely N-dealkylation sites (tertiary alicyclic amines) is 1. The number of thiocarbonyl (C=S) groups is 1. The van der Waals surface area contributed by atoms with Gasteiger partial charge in [-0.05, 0) is 99.1 Å². The van der Waals surface area contributed by atoms with Crippen molar-refractivity contribution >= 4 is 69.4 Å². The highest BCUT2D eigenvalue weighted by molar-refractivity contribution is 8.26. The maximum absolute atomic E-state index is 13.5. The van der Waals surface area contributed by atoms with E-state index in [1.165, 1.54) is 53.8 Å². The number of carbonyl (C=O) groups excluding carboxylic acids is 2. The van der Waals surface area contributed by atoms with Gasteiger partial charge in [0.2, 0.25) is 5.91 Å². The van der Waals surface area contributed by atoms with Gasteiger partial charge in [-0.2, -0.15) is 0 Å². The molecule has 0 saturated carbocycles. The molecule has 0 aliphatic carbocycles. The number of carbonyl (C=O) groups is 3. The number of aromatic carboxylic acids is 1. The summed E-state index contributed by atoms with van der Waals surface area (Å²) in [7, 11) is 0. The van der Waals surface area contributed by atoms with Gasteiger partial charge in [0.25, 0.3) is 5.91 Å². The van der Waals surface area contributed by atoms with E-state index < -0.39 is 5.97 Å². The molecule has 0 unspecified atom stereocenters. The zero-order valence-electron chi connectivity index (χ0n) is 25.3. The molecule has 2 aliphatic rings. The fraction of sp³-hybridized carbons (Fsp3) is 0.294. The highest BCUT2D eigenvalue weighted by Crippen LogP contribution is 2.38. The summed E-state index contributed by atoms with van der Waals surface area (Å²) in [5.41, 5.74) is 2.97. The minimum atomic E-state index is -1.05. The average molecular weight is 680 g/mol. The first-order valence-corrected chi connectivity index (χ1v) is 16.6. The molecule has 2 aliphatic heterocycles. The minimum absolute atomic E-state index is 0.0109. The molecule has 0 bridgehead atoms. The van der Waals surface area contributed by atoms with Crippen LogP contribution in [0, 0.1) is 0 Å². The van der Waals surface area contributed by atoms with Gasteiger partial charge in [-0.3, -0.25) is 19.4 Å². The molecular weight excluding hydrogens is 646 g/mol. The van der Waals surface area contributed by atoms with Crippen molar-refractivity contribution in [2.24, 2.45) is 0 Å². The van der Waals surface area contributed by atoms with Crippen LogP contribution in [0.5, 0.6) is 11.5 Å². The van der Waals surface area contributed by atoms with Crippen molar-refractivity contribution in [2.45, 2.75) is 26.2 Å². The molecular formula is C34H34ClN3O6S2. The number of thioether (sulfide) groups is 1. The monoisotopic (exact) mass is 679 g/mol. The number of halogens is 1. The first-order chi connectivity index (χ1) is 22.2. The lowest BCUT2D eigenvalue weighted by atomic mass is 10.0. The largest absolute Gasteiger partial charge is 0.494 e. The van der Waals surface area contributed by atoms with Gasteiger partial charge in [-0.25, -0.2) is 4.79 Å². The smallest absolute Gasteiger partial charge is 0.335 e. The van der Waals surface area contributed by atoms with Gasteiger partial charge in [-0.15, -0.1) is 0 Å². The van der Waals surface area contributed by atoms with E-state index in [9.17, 15) is 14.4 Å². The summed E-state index contributed by atoms with van der Waals surface area (Å²) in [6.45, 7) is 6.03. The van der Waals surface area contributed by atoms with E-state index in [1.807, 2.05) is 37.3 Å². The number of hydrogen-bond donors (Lipinski definition) is 2. The second-order valence-corrected chi connectivity index (χ2v) is 12.8. The number of rotatable bonds is 13. The summed E-state index contributed by atoms with van der Waals surface area (Å²) in [5, 5.41) is 12.3. The van der Waals surface area contributed by atoms with Crippen molar-refractivity contribution in [3.63, 3.8) is 0 Å². The number of carboxylic acids is 1. The van der Waals surface area contributed by atoms with E-state index in [2.05, 4.69) is 10.2 Å². The van der Waals surface area contributed by atoms with Gasteiger partial charge < -0.3 is 19.9 Å². The van der Waals surface area contributed by atoms with Crippen LogP contribution in [0.1, 0.15) is 42.1 Å². The van der Waals surface area contributed by atoms with Crippen LogP contribution in [-0.2, 0) is 9.59 Å². The van der Waals surface area contributed by atoms with Gasteiger partial charge in [0.05, 0.1) is 22.1 Å².